The predicted octanol–water partition coefficient (Wildman–Crippen LogP) is 5.75. The summed E-state index contributed by atoms with van der Waals surface area (Å²) in [6.07, 6.45) is 1.52. The minimum Gasteiger partial charge on any atom is -0.488 e. The number of nitriles is 2. The number of carbonyl (C=O) groups excluding carboxylic acids is 1. The number of anilines is 1. The van der Waals surface area contributed by atoms with Gasteiger partial charge in [-0.25, -0.2) is 0 Å². The fraction of sp³-hybridized carbons (Fsp3) is 0.0800. The van der Waals surface area contributed by atoms with Gasteiger partial charge >= 0.3 is 0 Å². The molecule has 0 aliphatic rings. The summed E-state index contributed by atoms with van der Waals surface area (Å²) in [5, 5.41) is 21.4. The van der Waals surface area contributed by atoms with Gasteiger partial charge in [-0.3, -0.25) is 4.79 Å². The molecule has 3 aromatic carbocycles. The van der Waals surface area contributed by atoms with Crippen molar-refractivity contribution in [3.05, 3.63) is 99.0 Å². The van der Waals surface area contributed by atoms with Crippen molar-refractivity contribution >= 4 is 33.6 Å². The predicted molar refractivity (Wildman–Crippen MR) is 123 cm³/mol. The van der Waals surface area contributed by atoms with Gasteiger partial charge in [-0.1, -0.05) is 42.5 Å². The average Bonchev–Trinajstić information content (AvgIpc) is 2.78. The Kier molecular flexibility index (Phi) is 7.22. The molecule has 3 aromatic rings. The summed E-state index contributed by atoms with van der Waals surface area (Å²) >= 11 is 3.47. The number of carbonyl (C=O) groups is 1. The summed E-state index contributed by atoms with van der Waals surface area (Å²) in [6.45, 7) is 2.13. The molecule has 0 atom stereocenters. The van der Waals surface area contributed by atoms with Crippen molar-refractivity contribution in [2.45, 2.75) is 13.5 Å². The first-order chi connectivity index (χ1) is 15.0. The van der Waals surface area contributed by atoms with Gasteiger partial charge in [0.05, 0.1) is 16.1 Å². The van der Waals surface area contributed by atoms with E-state index in [0.29, 0.717) is 27.0 Å². The lowest BCUT2D eigenvalue weighted by molar-refractivity contribution is -0.112. The summed E-state index contributed by atoms with van der Waals surface area (Å²) < 4.78 is 6.50. The Labute approximate surface area is 189 Å². The van der Waals surface area contributed by atoms with Crippen LogP contribution >= 0.6 is 15.9 Å². The molecule has 0 unspecified atom stereocenters. The van der Waals surface area contributed by atoms with Crippen LogP contribution in [0.4, 0.5) is 5.69 Å². The van der Waals surface area contributed by atoms with Crippen LogP contribution in [-0.2, 0) is 11.4 Å². The third kappa shape index (κ3) is 5.60. The molecule has 0 aromatic heterocycles. The van der Waals surface area contributed by atoms with E-state index in [2.05, 4.69) is 27.3 Å². The van der Waals surface area contributed by atoms with Crippen molar-refractivity contribution in [1.29, 1.82) is 10.5 Å². The maximum atomic E-state index is 12.5. The molecule has 31 heavy (non-hydrogen) atoms. The average molecular weight is 472 g/mol. The number of hydrogen-bond donors (Lipinski definition) is 1. The van der Waals surface area contributed by atoms with Crippen LogP contribution in [0.3, 0.4) is 0 Å². The minimum atomic E-state index is -0.471. The Morgan fingerprint density at radius 3 is 2.55 bits per heavy atom. The number of hydrogen-bond acceptors (Lipinski definition) is 4. The maximum Gasteiger partial charge on any atom is 0.266 e. The van der Waals surface area contributed by atoms with E-state index in [-0.39, 0.29) is 12.2 Å². The van der Waals surface area contributed by atoms with E-state index in [1.54, 1.807) is 36.4 Å². The Balaban J connectivity index is 1.74. The molecular formula is C25H18BrN3O2. The molecule has 0 heterocycles. The first-order valence-electron chi connectivity index (χ1n) is 9.41. The third-order valence-corrected chi connectivity index (χ3v) is 5.17. The van der Waals surface area contributed by atoms with Gasteiger partial charge in [-0.2, -0.15) is 10.5 Å². The zero-order valence-corrected chi connectivity index (χ0v) is 18.3. The Morgan fingerprint density at radius 2 is 1.84 bits per heavy atom. The monoisotopic (exact) mass is 471 g/mol. The van der Waals surface area contributed by atoms with E-state index in [1.807, 2.05) is 43.3 Å². The molecule has 1 amide bonds. The number of nitrogens with zero attached hydrogens (tertiary/aromatic N) is 2. The van der Waals surface area contributed by atoms with E-state index < -0.39 is 5.91 Å². The second kappa shape index (κ2) is 10.2. The lowest BCUT2D eigenvalue weighted by Gasteiger charge is -2.10. The smallest absolute Gasteiger partial charge is 0.266 e. The van der Waals surface area contributed by atoms with E-state index in [9.17, 15) is 15.3 Å². The van der Waals surface area contributed by atoms with Crippen LogP contribution in [0.25, 0.3) is 6.08 Å². The second-order valence-electron chi connectivity index (χ2n) is 6.69. The van der Waals surface area contributed by atoms with Gasteiger partial charge in [0.15, 0.2) is 0 Å². The molecule has 3 rings (SSSR count). The highest BCUT2D eigenvalue weighted by Gasteiger charge is 2.12. The zero-order valence-electron chi connectivity index (χ0n) is 16.7. The van der Waals surface area contributed by atoms with E-state index >= 15 is 0 Å². The molecular weight excluding hydrogens is 454 g/mol. The van der Waals surface area contributed by atoms with Crippen molar-refractivity contribution < 1.29 is 9.53 Å². The lowest BCUT2D eigenvalue weighted by atomic mass is 10.1. The van der Waals surface area contributed by atoms with Crippen LogP contribution in [0.15, 0.2) is 76.8 Å². The summed E-state index contributed by atoms with van der Waals surface area (Å²) in [5.41, 5.74) is 3.60. The first kappa shape index (κ1) is 21.8. The number of rotatable bonds is 6. The van der Waals surface area contributed by atoms with E-state index in [0.717, 1.165) is 11.1 Å². The molecule has 5 nitrogen and oxygen atoms in total. The summed E-state index contributed by atoms with van der Waals surface area (Å²) in [7, 11) is 0. The molecule has 6 heteroatoms. The van der Waals surface area contributed by atoms with Gasteiger partial charge in [0.1, 0.15) is 24.0 Å². The molecule has 0 bridgehead atoms. The topological polar surface area (TPSA) is 85.9 Å². The molecule has 1 N–H and O–H groups in total. The second-order valence-corrected chi connectivity index (χ2v) is 7.54. The number of benzene rings is 3. The maximum absolute atomic E-state index is 12.5. The van der Waals surface area contributed by atoms with Gasteiger partial charge in [0, 0.05) is 11.3 Å². The third-order valence-electron chi connectivity index (χ3n) is 4.55. The van der Waals surface area contributed by atoms with Crippen LogP contribution in [0.1, 0.15) is 22.3 Å². The van der Waals surface area contributed by atoms with Gasteiger partial charge < -0.3 is 10.1 Å². The number of halogens is 1. The Bertz CT molecular complexity index is 1240. The lowest BCUT2D eigenvalue weighted by Crippen LogP contribution is -2.14. The Hall–Kier alpha value is -3.87. The van der Waals surface area contributed by atoms with E-state index in [1.165, 1.54) is 6.08 Å². The number of aryl methyl sites for hydroxylation is 1. The number of para-hydroxylation sites is 1. The quantitative estimate of drug-likeness (QED) is 0.366. The van der Waals surface area contributed by atoms with Gasteiger partial charge in [-0.15, -0.1) is 0 Å². The Morgan fingerprint density at radius 1 is 1.10 bits per heavy atom. The van der Waals surface area contributed by atoms with Crippen LogP contribution in [-0.4, -0.2) is 5.91 Å². The minimum absolute atomic E-state index is 0.00762. The highest BCUT2D eigenvalue weighted by atomic mass is 79.9. The number of nitrogens with one attached hydrogen (secondary N) is 1. The summed E-state index contributed by atoms with van der Waals surface area (Å²) in [6, 6.07) is 24.0. The van der Waals surface area contributed by atoms with Crippen molar-refractivity contribution in [3.8, 4) is 17.9 Å². The standard InChI is InChI=1S/C25H18BrN3O2/c1-17-6-2-5-9-23(17)29-25(30)21(15-28)12-18-10-11-24(22(26)13-18)31-16-20-8-4-3-7-19(20)14-27/h2-13H,16H2,1H3,(H,29,30)/b21-12-. The van der Waals surface area contributed by atoms with E-state index in [4.69, 9.17) is 4.74 Å². The number of ether oxygens (including phenoxy) is 1. The number of amides is 1. The van der Waals surface area contributed by atoms with Crippen LogP contribution in [0.2, 0.25) is 0 Å². The molecule has 0 saturated heterocycles. The highest BCUT2D eigenvalue weighted by molar-refractivity contribution is 9.10. The van der Waals surface area contributed by atoms with Crippen LogP contribution in [0, 0.1) is 29.6 Å². The fourth-order valence-electron chi connectivity index (χ4n) is 2.85. The normalized spacial score (nSPS) is 10.6. The molecule has 0 aliphatic carbocycles. The van der Waals surface area contributed by atoms with Crippen LogP contribution < -0.4 is 10.1 Å². The van der Waals surface area contributed by atoms with Crippen molar-refractivity contribution in [1.82, 2.24) is 0 Å². The van der Waals surface area contributed by atoms with Crippen molar-refractivity contribution in [2.75, 3.05) is 5.32 Å². The van der Waals surface area contributed by atoms with Gasteiger partial charge in [0.25, 0.3) is 5.91 Å². The SMILES string of the molecule is Cc1ccccc1NC(=O)/C(C#N)=C\c1ccc(OCc2ccccc2C#N)c(Br)c1. The largest absolute Gasteiger partial charge is 0.488 e. The highest BCUT2D eigenvalue weighted by Crippen LogP contribution is 2.28. The molecule has 0 saturated carbocycles. The zero-order chi connectivity index (χ0) is 22.2. The fourth-order valence-corrected chi connectivity index (χ4v) is 3.36. The molecule has 0 radical (unpaired) electrons. The van der Waals surface area contributed by atoms with Crippen molar-refractivity contribution in [2.24, 2.45) is 0 Å². The van der Waals surface area contributed by atoms with Crippen LogP contribution in [0.5, 0.6) is 5.75 Å². The summed E-state index contributed by atoms with van der Waals surface area (Å²) in [5.74, 6) is 0.120. The molecule has 152 valence electrons. The molecule has 0 fully saturated rings. The molecule has 0 spiro atoms. The molecule has 0 aliphatic heterocycles. The van der Waals surface area contributed by atoms with Crippen molar-refractivity contribution in [3.63, 3.8) is 0 Å². The summed E-state index contributed by atoms with van der Waals surface area (Å²) in [4.78, 5) is 12.5. The van der Waals surface area contributed by atoms with Gasteiger partial charge in [-0.05, 0) is 64.3 Å². The first-order valence-corrected chi connectivity index (χ1v) is 10.2. The van der Waals surface area contributed by atoms with Gasteiger partial charge in [0.2, 0.25) is 0 Å².